The zero-order valence-electron chi connectivity index (χ0n) is 11.3. The summed E-state index contributed by atoms with van der Waals surface area (Å²) in [7, 11) is 1.65. The number of rotatable bonds is 3. The summed E-state index contributed by atoms with van der Waals surface area (Å²) in [5.74, 6) is -0.765. The van der Waals surface area contributed by atoms with Crippen molar-refractivity contribution in [2.24, 2.45) is 5.92 Å². The molecule has 1 heterocycles. The lowest BCUT2D eigenvalue weighted by Gasteiger charge is -2.12. The number of amides is 2. The van der Waals surface area contributed by atoms with Gasteiger partial charge in [0.05, 0.1) is 22.1 Å². The van der Waals surface area contributed by atoms with Gasteiger partial charge in [0, 0.05) is 26.1 Å². The third-order valence-corrected chi connectivity index (χ3v) is 3.47. The van der Waals surface area contributed by atoms with Crippen molar-refractivity contribution in [2.75, 3.05) is 18.9 Å². The monoisotopic (exact) mass is 277 g/mol. The minimum absolute atomic E-state index is 0.0394. The number of nitrogens with one attached hydrogen (secondary N) is 1. The largest absolute Gasteiger partial charge is 0.345 e. The molecule has 1 aliphatic rings. The Kier molecular flexibility index (Phi) is 3.69. The van der Waals surface area contributed by atoms with Gasteiger partial charge in [0.2, 0.25) is 11.8 Å². The van der Waals surface area contributed by atoms with Crippen LogP contribution in [-0.4, -0.2) is 35.2 Å². The first kappa shape index (κ1) is 14.0. The van der Waals surface area contributed by atoms with E-state index in [2.05, 4.69) is 5.32 Å². The van der Waals surface area contributed by atoms with Crippen molar-refractivity contribution < 1.29 is 14.5 Å². The number of carbonyl (C=O) groups excluding carboxylic acids is 2. The molecule has 20 heavy (non-hydrogen) atoms. The molecule has 1 saturated heterocycles. The molecule has 1 aromatic rings. The molecule has 1 aliphatic heterocycles. The van der Waals surface area contributed by atoms with Gasteiger partial charge in [-0.2, -0.15) is 0 Å². The predicted molar refractivity (Wildman–Crippen MR) is 72.2 cm³/mol. The van der Waals surface area contributed by atoms with Crippen LogP contribution in [0, 0.1) is 23.0 Å². The van der Waals surface area contributed by atoms with Crippen LogP contribution in [0.25, 0.3) is 0 Å². The maximum absolute atomic E-state index is 12.1. The predicted octanol–water partition coefficient (Wildman–Crippen LogP) is 1.32. The fourth-order valence-electron chi connectivity index (χ4n) is 2.23. The van der Waals surface area contributed by atoms with Crippen molar-refractivity contribution in [2.45, 2.75) is 13.3 Å². The van der Waals surface area contributed by atoms with Crippen LogP contribution in [0.15, 0.2) is 18.2 Å². The summed E-state index contributed by atoms with van der Waals surface area (Å²) in [6.07, 6.45) is 0.177. The lowest BCUT2D eigenvalue weighted by atomic mass is 10.1. The number of benzene rings is 1. The Morgan fingerprint density at radius 3 is 2.75 bits per heavy atom. The molecule has 7 heteroatoms. The summed E-state index contributed by atoms with van der Waals surface area (Å²) >= 11 is 0. The van der Waals surface area contributed by atoms with Gasteiger partial charge < -0.3 is 10.2 Å². The standard InChI is InChI=1S/C13H15N3O4/c1-8-10(4-3-5-11(8)16(19)20)14-13(18)9-6-12(17)15(2)7-9/h3-5,9H,6-7H2,1-2H3,(H,14,18). The van der Waals surface area contributed by atoms with E-state index in [0.29, 0.717) is 17.8 Å². The molecule has 1 fully saturated rings. The van der Waals surface area contributed by atoms with Crippen molar-refractivity contribution in [3.63, 3.8) is 0 Å². The second-order valence-electron chi connectivity index (χ2n) is 4.87. The van der Waals surface area contributed by atoms with E-state index in [4.69, 9.17) is 0 Å². The van der Waals surface area contributed by atoms with Crippen LogP contribution in [-0.2, 0) is 9.59 Å². The topological polar surface area (TPSA) is 92.6 Å². The Morgan fingerprint density at radius 2 is 2.20 bits per heavy atom. The van der Waals surface area contributed by atoms with E-state index in [1.54, 1.807) is 20.0 Å². The molecule has 1 N–H and O–H groups in total. The van der Waals surface area contributed by atoms with Gasteiger partial charge in [-0.3, -0.25) is 19.7 Å². The summed E-state index contributed by atoms with van der Waals surface area (Å²) in [4.78, 5) is 35.3. The number of likely N-dealkylation sites (tertiary alicyclic amines) is 1. The van der Waals surface area contributed by atoms with Gasteiger partial charge in [0.1, 0.15) is 0 Å². The SMILES string of the molecule is Cc1c(NC(=O)C2CC(=O)N(C)C2)cccc1[N+](=O)[O-]. The zero-order chi connectivity index (χ0) is 14.9. The average Bonchev–Trinajstić information content (AvgIpc) is 2.72. The molecule has 2 amide bonds. The molecule has 2 rings (SSSR count). The number of nitrogens with zero attached hydrogens (tertiary/aromatic N) is 2. The van der Waals surface area contributed by atoms with Gasteiger partial charge in [-0.15, -0.1) is 0 Å². The van der Waals surface area contributed by atoms with Crippen molar-refractivity contribution in [3.8, 4) is 0 Å². The Balaban J connectivity index is 2.15. The van der Waals surface area contributed by atoms with Gasteiger partial charge in [-0.1, -0.05) is 6.07 Å². The summed E-state index contributed by atoms with van der Waals surface area (Å²) in [5, 5.41) is 13.5. The molecule has 1 aromatic carbocycles. The first-order valence-electron chi connectivity index (χ1n) is 6.19. The zero-order valence-corrected chi connectivity index (χ0v) is 11.3. The summed E-state index contributed by atoms with van der Waals surface area (Å²) in [6.45, 7) is 1.96. The van der Waals surface area contributed by atoms with Crippen LogP contribution >= 0.6 is 0 Å². The molecular weight excluding hydrogens is 262 g/mol. The fourth-order valence-corrected chi connectivity index (χ4v) is 2.23. The summed E-state index contributed by atoms with van der Waals surface area (Å²) < 4.78 is 0. The highest BCUT2D eigenvalue weighted by Gasteiger charge is 2.32. The van der Waals surface area contributed by atoms with Gasteiger partial charge in [-0.05, 0) is 13.0 Å². The van der Waals surface area contributed by atoms with Crippen molar-refractivity contribution >= 4 is 23.2 Å². The van der Waals surface area contributed by atoms with Gasteiger partial charge in [0.25, 0.3) is 5.69 Å². The normalized spacial score (nSPS) is 18.2. The highest BCUT2D eigenvalue weighted by atomic mass is 16.6. The number of nitro groups is 1. The number of nitro benzene ring substituents is 1. The third-order valence-electron chi connectivity index (χ3n) is 3.47. The van der Waals surface area contributed by atoms with E-state index < -0.39 is 10.8 Å². The Hall–Kier alpha value is -2.44. The molecule has 0 saturated carbocycles. The molecule has 7 nitrogen and oxygen atoms in total. The maximum atomic E-state index is 12.1. The minimum atomic E-state index is -0.488. The van der Waals surface area contributed by atoms with Gasteiger partial charge in [0.15, 0.2) is 0 Å². The first-order chi connectivity index (χ1) is 9.40. The third kappa shape index (κ3) is 2.61. The molecule has 1 unspecified atom stereocenters. The Labute approximate surface area is 115 Å². The van der Waals surface area contributed by atoms with E-state index in [9.17, 15) is 19.7 Å². The maximum Gasteiger partial charge on any atom is 0.274 e. The lowest BCUT2D eigenvalue weighted by Crippen LogP contribution is -2.26. The minimum Gasteiger partial charge on any atom is -0.345 e. The lowest BCUT2D eigenvalue weighted by molar-refractivity contribution is -0.385. The Bertz CT molecular complexity index is 585. The van der Waals surface area contributed by atoms with Crippen molar-refractivity contribution in [1.82, 2.24) is 4.90 Å². The van der Waals surface area contributed by atoms with Crippen molar-refractivity contribution in [1.29, 1.82) is 0 Å². The molecule has 0 spiro atoms. The van der Waals surface area contributed by atoms with Crippen LogP contribution < -0.4 is 5.32 Å². The molecule has 0 aromatic heterocycles. The smallest absolute Gasteiger partial charge is 0.274 e. The van der Waals surface area contributed by atoms with E-state index in [-0.39, 0.29) is 23.9 Å². The quantitative estimate of drug-likeness (QED) is 0.666. The van der Waals surface area contributed by atoms with Gasteiger partial charge >= 0.3 is 0 Å². The molecular formula is C13H15N3O4. The van der Waals surface area contributed by atoms with Crippen LogP contribution in [0.4, 0.5) is 11.4 Å². The fraction of sp³-hybridized carbons (Fsp3) is 0.385. The molecule has 1 atom stereocenters. The van der Waals surface area contributed by atoms with E-state index >= 15 is 0 Å². The highest BCUT2D eigenvalue weighted by molar-refractivity contribution is 5.97. The van der Waals surface area contributed by atoms with E-state index in [0.717, 1.165) is 0 Å². The Morgan fingerprint density at radius 1 is 1.50 bits per heavy atom. The van der Waals surface area contributed by atoms with Crippen LogP contribution in [0.1, 0.15) is 12.0 Å². The number of hydrogen-bond acceptors (Lipinski definition) is 4. The first-order valence-corrected chi connectivity index (χ1v) is 6.19. The van der Waals surface area contributed by atoms with E-state index in [1.165, 1.54) is 17.0 Å². The number of hydrogen-bond donors (Lipinski definition) is 1. The van der Waals surface area contributed by atoms with Crippen LogP contribution in [0.3, 0.4) is 0 Å². The van der Waals surface area contributed by atoms with Crippen LogP contribution in [0.2, 0.25) is 0 Å². The molecule has 0 aliphatic carbocycles. The second kappa shape index (κ2) is 5.28. The number of anilines is 1. The average molecular weight is 277 g/mol. The van der Waals surface area contributed by atoms with Crippen LogP contribution in [0.5, 0.6) is 0 Å². The highest BCUT2D eigenvalue weighted by Crippen LogP contribution is 2.26. The summed E-state index contributed by atoms with van der Waals surface area (Å²) in [5.41, 5.74) is 0.775. The molecule has 0 bridgehead atoms. The van der Waals surface area contributed by atoms with Gasteiger partial charge in [-0.25, -0.2) is 0 Å². The van der Waals surface area contributed by atoms with E-state index in [1.807, 2.05) is 0 Å². The second-order valence-corrected chi connectivity index (χ2v) is 4.87. The number of carbonyl (C=O) groups is 2. The molecule has 0 radical (unpaired) electrons. The summed E-state index contributed by atoms with van der Waals surface area (Å²) in [6, 6.07) is 4.52. The van der Waals surface area contributed by atoms with Crippen molar-refractivity contribution in [3.05, 3.63) is 33.9 Å². The molecule has 106 valence electrons.